The first kappa shape index (κ1) is 48.5. The minimum atomic E-state index is -1.46. The van der Waals surface area contributed by atoms with Crippen LogP contribution in [0.2, 0.25) is 0 Å². The molecule has 1 unspecified atom stereocenters. The van der Waals surface area contributed by atoms with Gasteiger partial charge < -0.3 is 29.5 Å². The van der Waals surface area contributed by atoms with Crippen LogP contribution in [0.3, 0.4) is 0 Å². The van der Waals surface area contributed by atoms with Gasteiger partial charge >= 0.3 is 6.17 Å². The summed E-state index contributed by atoms with van der Waals surface area (Å²) >= 11 is 0. The molecule has 4 amide bonds. The van der Waals surface area contributed by atoms with Gasteiger partial charge in [0.05, 0.1) is 23.8 Å². The lowest BCUT2D eigenvalue weighted by Crippen LogP contribution is -2.66. The van der Waals surface area contributed by atoms with Crippen LogP contribution in [0.4, 0.5) is 0 Å². The number of nitrogens with zero attached hydrogens (tertiary/aromatic N) is 6. The van der Waals surface area contributed by atoms with Crippen molar-refractivity contribution in [2.45, 2.75) is 123 Å². The Morgan fingerprint density at radius 3 is 2.57 bits per heavy atom. The maximum Gasteiger partial charge on any atom is 0.326 e. The summed E-state index contributed by atoms with van der Waals surface area (Å²) in [4.78, 5) is 84.6. The van der Waals surface area contributed by atoms with Crippen LogP contribution >= 0.6 is 0 Å². The number of aromatic hydroxyl groups is 1. The Labute approximate surface area is 398 Å². The van der Waals surface area contributed by atoms with E-state index in [2.05, 4.69) is 58.5 Å². The highest BCUT2D eigenvalue weighted by Gasteiger charge is 2.52. The van der Waals surface area contributed by atoms with Gasteiger partial charge in [0.2, 0.25) is 22.6 Å². The number of rotatable bonds is 12. The maximum atomic E-state index is 14.8. The molecule has 2 aromatic heterocycles. The molecule has 3 aliphatic heterocycles. The van der Waals surface area contributed by atoms with Crippen molar-refractivity contribution in [1.29, 1.82) is 0 Å². The van der Waals surface area contributed by atoms with E-state index in [-0.39, 0.29) is 49.9 Å². The number of phenolic OH excluding ortho intramolecular Hbond substituents is 1. The highest BCUT2D eigenvalue weighted by Crippen LogP contribution is 2.42. The predicted octanol–water partition coefficient (Wildman–Crippen LogP) is 5.10. The lowest BCUT2D eigenvalue weighted by atomic mass is 9.84. The molecular formula is C51H68N9O8+. The van der Waals surface area contributed by atoms with E-state index < -0.39 is 46.8 Å². The van der Waals surface area contributed by atoms with Crippen LogP contribution in [-0.2, 0) is 54.7 Å². The van der Waals surface area contributed by atoms with Gasteiger partial charge in [0.1, 0.15) is 23.4 Å². The molecule has 0 radical (unpaired) electrons. The number of amides is 4. The van der Waals surface area contributed by atoms with E-state index in [1.807, 2.05) is 38.2 Å². The van der Waals surface area contributed by atoms with Crippen molar-refractivity contribution in [3.05, 3.63) is 76.5 Å². The number of phenols is 1. The fourth-order valence-electron chi connectivity index (χ4n) is 10.1. The first-order chi connectivity index (χ1) is 32.3. The number of benzene rings is 2. The molecule has 6 bridgehead atoms. The molecule has 17 nitrogen and oxygen atoms in total. The summed E-state index contributed by atoms with van der Waals surface area (Å²) in [5, 5.41) is 20.0. The van der Waals surface area contributed by atoms with Gasteiger partial charge in [-0.2, -0.15) is 5.43 Å². The van der Waals surface area contributed by atoms with Crippen molar-refractivity contribution in [3.8, 4) is 28.1 Å². The number of aryl methyl sites for hydroxylation is 1. The zero-order chi connectivity index (χ0) is 48.8. The van der Waals surface area contributed by atoms with Gasteiger partial charge in [0, 0.05) is 87.5 Å². The second kappa shape index (κ2) is 19.2. The predicted molar refractivity (Wildman–Crippen MR) is 256 cm³/mol. The normalized spacial score (nSPS) is 22.5. The number of carbonyl (C=O) groups excluding carboxylic acids is 4. The van der Waals surface area contributed by atoms with Crippen LogP contribution in [-0.4, -0.2) is 129 Å². The average Bonchev–Trinajstić information content (AvgIpc) is 4.26. The van der Waals surface area contributed by atoms with Crippen molar-refractivity contribution in [1.82, 2.24) is 40.4 Å². The summed E-state index contributed by atoms with van der Waals surface area (Å²) < 4.78 is 7.92. The number of carbonyl (C=O) groups is 4. The third kappa shape index (κ3) is 9.70. The molecule has 364 valence electrons. The number of likely N-dealkylation sites (N-methyl/N-ethyl adjacent to an activating group) is 2. The van der Waals surface area contributed by atoms with Crippen LogP contribution in [0.25, 0.3) is 33.3 Å². The van der Waals surface area contributed by atoms with Gasteiger partial charge in [0.15, 0.2) is 6.61 Å². The van der Waals surface area contributed by atoms with Gasteiger partial charge in [-0.3, -0.25) is 34.5 Å². The van der Waals surface area contributed by atoms with Gasteiger partial charge in [-0.1, -0.05) is 39.8 Å². The second-order valence-electron chi connectivity index (χ2n) is 20.5. The lowest BCUT2D eigenvalue weighted by Gasteiger charge is -2.42. The number of aromatic nitrogens is 2. The minimum Gasteiger partial charge on any atom is -0.508 e. The lowest BCUT2D eigenvalue weighted by molar-refractivity contribution is -0.835. The van der Waals surface area contributed by atoms with Crippen molar-refractivity contribution in [2.75, 3.05) is 40.9 Å². The summed E-state index contributed by atoms with van der Waals surface area (Å²) in [6.45, 7) is 12.7. The number of ether oxygens (including phenoxy) is 1. The summed E-state index contributed by atoms with van der Waals surface area (Å²) in [6, 6.07) is 12.0. The van der Waals surface area contributed by atoms with E-state index in [4.69, 9.17) is 9.57 Å². The molecule has 5 heterocycles. The summed E-state index contributed by atoms with van der Waals surface area (Å²) in [5.41, 5.74) is 8.14. The molecule has 2 saturated heterocycles. The largest absolute Gasteiger partial charge is 0.508 e. The number of hydrazine groups is 1. The number of nitrogens with one attached hydrogen (secondary N) is 3. The van der Waals surface area contributed by atoms with Crippen LogP contribution in [0.15, 0.2) is 54.9 Å². The van der Waals surface area contributed by atoms with E-state index in [1.54, 1.807) is 46.5 Å². The van der Waals surface area contributed by atoms with Crippen molar-refractivity contribution in [2.24, 2.45) is 17.3 Å². The van der Waals surface area contributed by atoms with E-state index in [0.717, 1.165) is 51.7 Å². The number of pyridine rings is 1. The molecule has 4 N–H and O–H groups in total. The molecule has 4 aromatic rings. The molecular weight excluding hydrogens is 867 g/mol. The maximum absolute atomic E-state index is 14.8. The highest BCUT2D eigenvalue weighted by molar-refractivity contribution is 5.97. The van der Waals surface area contributed by atoms with Crippen LogP contribution in [0.5, 0.6) is 5.75 Å². The zero-order valence-corrected chi connectivity index (χ0v) is 40.9. The van der Waals surface area contributed by atoms with Gasteiger partial charge in [-0.25, -0.2) is 4.84 Å². The first-order valence-electron chi connectivity index (χ1n) is 24.0. The zero-order valence-electron chi connectivity index (χ0n) is 40.9. The fraction of sp³-hybridized carbons (Fsp3) is 0.549. The third-order valence-corrected chi connectivity index (χ3v) is 14.6. The second-order valence-corrected chi connectivity index (χ2v) is 20.5. The molecule has 1 aliphatic carbocycles. The number of hydrogen-bond acceptors (Lipinski definition) is 11. The first-order valence-corrected chi connectivity index (χ1v) is 24.0. The molecule has 68 heavy (non-hydrogen) atoms. The SMILES string of the molecule is CCn1c(-c2cnccc2COC)c2c3cc(ccc31)-c1cc(O)cc(c1)C[C@H](NC(=O)C(C)(C(C)C)N(C)C(=O)CN(C)C(=O)[C@H]1N[C@H]1C1CC1)C(=O)N1CCC[C@H](N1)[N+](=O)OCC(C)(C)C2. The van der Waals surface area contributed by atoms with E-state index in [0.29, 0.717) is 54.4 Å². The van der Waals surface area contributed by atoms with E-state index in [9.17, 15) is 29.2 Å². The molecule has 2 aromatic carbocycles. The molecule has 4 aliphatic rings. The van der Waals surface area contributed by atoms with E-state index in [1.165, 1.54) is 14.8 Å². The Morgan fingerprint density at radius 2 is 1.87 bits per heavy atom. The Kier molecular flexibility index (Phi) is 13.7. The van der Waals surface area contributed by atoms with Crippen LogP contribution in [0.1, 0.15) is 83.9 Å². The monoisotopic (exact) mass is 935 g/mol. The van der Waals surface area contributed by atoms with Gasteiger partial charge in [-0.15, -0.1) is 0 Å². The Bertz CT molecular complexity index is 2610. The molecule has 8 rings (SSSR count). The van der Waals surface area contributed by atoms with Crippen molar-refractivity contribution >= 4 is 34.5 Å². The number of hydrogen-bond donors (Lipinski definition) is 4. The third-order valence-electron chi connectivity index (χ3n) is 14.6. The Balaban J connectivity index is 1.17. The standard InChI is InChI=1S/C51H67N9O8/c1-10-58-41-16-15-33-24-37(41)38(46(58)39-26-52-18-17-34(39)28-67-9)25-50(4,5)29-68-60(66)42-12-11-19-59(55-42)47(63)40(22-31-20-35(33)23-36(61)21-31)53-49(65)51(6,30(2)3)57(8)43(62)27-56(7)48(64)45-44(54-45)32-13-14-32/h15-18,20-21,23-24,26,30,32,40,42,44-45,54-55H,10-14,19,22,25,27-29H2,1-9H3,(H-,53,61,65)/p+1/t40-,42+,44-,45-,51?/m0/s1. The Hall–Kier alpha value is -5.91. The molecule has 3 fully saturated rings. The Morgan fingerprint density at radius 1 is 1.10 bits per heavy atom. The minimum absolute atomic E-state index is 0.0200. The topological polar surface area (TPSA) is 201 Å². The molecule has 17 heteroatoms. The molecule has 0 spiro atoms. The highest BCUT2D eigenvalue weighted by atomic mass is 16.8. The van der Waals surface area contributed by atoms with E-state index >= 15 is 0 Å². The summed E-state index contributed by atoms with van der Waals surface area (Å²) in [7, 11) is 4.81. The smallest absolute Gasteiger partial charge is 0.326 e. The van der Waals surface area contributed by atoms with Crippen molar-refractivity contribution < 1.29 is 38.8 Å². The quantitative estimate of drug-likeness (QED) is 0.138. The van der Waals surface area contributed by atoms with Crippen LogP contribution in [0, 0.1) is 22.2 Å². The van der Waals surface area contributed by atoms with Crippen LogP contribution < -0.4 is 16.1 Å². The fourth-order valence-corrected chi connectivity index (χ4v) is 10.1. The molecule has 5 atom stereocenters. The van der Waals surface area contributed by atoms with Gasteiger partial charge in [0.25, 0.3) is 5.91 Å². The van der Waals surface area contributed by atoms with Gasteiger partial charge in [-0.05, 0) is 110 Å². The average molecular weight is 935 g/mol. The van der Waals surface area contributed by atoms with Crippen molar-refractivity contribution in [3.63, 3.8) is 0 Å². The summed E-state index contributed by atoms with van der Waals surface area (Å²) in [6.07, 6.45) is 6.29. The molecule has 1 saturated carbocycles. The number of methoxy groups -OCH3 is 1. The summed E-state index contributed by atoms with van der Waals surface area (Å²) in [5.74, 6) is -1.60. The number of fused-ring (bicyclic) bond motifs is 6.